The summed E-state index contributed by atoms with van der Waals surface area (Å²) in [7, 11) is 0. The van der Waals surface area contributed by atoms with Crippen LogP contribution in [0.2, 0.25) is 5.02 Å². The Morgan fingerprint density at radius 3 is 2.88 bits per heavy atom. The molecular formula is C17H24ClN3O3. The molecule has 0 aliphatic carbocycles. The van der Waals surface area contributed by atoms with Crippen LogP contribution < -0.4 is 16.0 Å². The van der Waals surface area contributed by atoms with Gasteiger partial charge >= 0.3 is 0 Å². The van der Waals surface area contributed by atoms with Gasteiger partial charge in [-0.1, -0.05) is 18.5 Å². The first-order valence-corrected chi connectivity index (χ1v) is 8.68. The van der Waals surface area contributed by atoms with E-state index in [2.05, 4.69) is 16.0 Å². The van der Waals surface area contributed by atoms with Gasteiger partial charge in [-0.15, -0.1) is 0 Å². The third-order valence-electron chi connectivity index (χ3n) is 3.72. The average molecular weight is 354 g/mol. The number of hydrogen-bond donors (Lipinski definition) is 3. The third kappa shape index (κ3) is 6.02. The number of hydrogen-bond acceptors (Lipinski definition) is 4. The van der Waals surface area contributed by atoms with E-state index < -0.39 is 0 Å². The minimum atomic E-state index is -0.123. The van der Waals surface area contributed by atoms with Crippen LogP contribution in [0.1, 0.15) is 32.6 Å². The maximum absolute atomic E-state index is 11.9. The number of benzene rings is 1. The molecule has 0 aromatic heterocycles. The molecule has 1 aliphatic rings. The smallest absolute Gasteiger partial charge is 0.239 e. The first-order chi connectivity index (χ1) is 11.6. The number of halogens is 1. The summed E-state index contributed by atoms with van der Waals surface area (Å²) in [5.41, 5.74) is 1.26. The fourth-order valence-corrected chi connectivity index (χ4v) is 2.64. The fraction of sp³-hybridized carbons (Fsp3) is 0.529. The molecule has 0 radical (unpaired) electrons. The Bertz CT molecular complexity index is 574. The highest BCUT2D eigenvalue weighted by Gasteiger charge is 2.16. The lowest BCUT2D eigenvalue weighted by atomic mass is 10.2. The normalized spacial score (nSPS) is 16.7. The summed E-state index contributed by atoms with van der Waals surface area (Å²) < 4.78 is 5.46. The SMILES string of the molecule is CCCC(=O)Nc1ccc(Cl)c(NCC(=O)NCC2CCCO2)c1. The Hall–Kier alpha value is -1.79. The second-order valence-electron chi connectivity index (χ2n) is 5.79. The highest BCUT2D eigenvalue weighted by atomic mass is 35.5. The molecule has 1 aromatic rings. The van der Waals surface area contributed by atoms with Crippen LogP contribution in [0.4, 0.5) is 11.4 Å². The molecule has 3 N–H and O–H groups in total. The van der Waals surface area contributed by atoms with Crippen molar-refractivity contribution in [1.29, 1.82) is 0 Å². The standard InChI is InChI=1S/C17H24ClN3O3/c1-2-4-16(22)21-12-6-7-14(18)15(9-12)19-11-17(23)20-10-13-5-3-8-24-13/h6-7,9,13,19H,2-5,8,10-11H2,1H3,(H,20,23)(H,21,22). The van der Waals surface area contributed by atoms with Crippen molar-refractivity contribution in [1.82, 2.24) is 5.32 Å². The van der Waals surface area contributed by atoms with E-state index in [0.717, 1.165) is 25.9 Å². The van der Waals surface area contributed by atoms with Gasteiger partial charge in [-0.2, -0.15) is 0 Å². The van der Waals surface area contributed by atoms with Gasteiger partial charge in [-0.25, -0.2) is 0 Å². The zero-order valence-electron chi connectivity index (χ0n) is 13.9. The van der Waals surface area contributed by atoms with E-state index in [4.69, 9.17) is 16.3 Å². The monoisotopic (exact) mass is 353 g/mol. The highest BCUT2D eigenvalue weighted by molar-refractivity contribution is 6.33. The second kappa shape index (κ2) is 9.49. The zero-order valence-corrected chi connectivity index (χ0v) is 14.6. The molecule has 24 heavy (non-hydrogen) atoms. The predicted molar refractivity (Wildman–Crippen MR) is 95.5 cm³/mol. The summed E-state index contributed by atoms with van der Waals surface area (Å²) in [4.78, 5) is 23.5. The summed E-state index contributed by atoms with van der Waals surface area (Å²) in [5.74, 6) is -0.165. The van der Waals surface area contributed by atoms with E-state index in [1.807, 2.05) is 6.92 Å². The maximum atomic E-state index is 11.9. The minimum Gasteiger partial charge on any atom is -0.376 e. The zero-order chi connectivity index (χ0) is 17.4. The van der Waals surface area contributed by atoms with E-state index in [-0.39, 0.29) is 24.5 Å². The van der Waals surface area contributed by atoms with E-state index in [1.165, 1.54) is 0 Å². The Labute approximate surface area is 147 Å². The highest BCUT2D eigenvalue weighted by Crippen LogP contribution is 2.25. The van der Waals surface area contributed by atoms with Gasteiger partial charge in [-0.3, -0.25) is 9.59 Å². The summed E-state index contributed by atoms with van der Waals surface area (Å²) in [5, 5.41) is 9.14. The molecule has 1 heterocycles. The molecule has 1 saturated heterocycles. The van der Waals surface area contributed by atoms with Crippen molar-refractivity contribution >= 4 is 34.8 Å². The average Bonchev–Trinajstić information content (AvgIpc) is 3.07. The van der Waals surface area contributed by atoms with Crippen molar-refractivity contribution in [3.05, 3.63) is 23.2 Å². The summed E-state index contributed by atoms with van der Waals surface area (Å²) in [6, 6.07) is 5.15. The van der Waals surface area contributed by atoms with Crippen LogP contribution in [-0.2, 0) is 14.3 Å². The number of nitrogens with one attached hydrogen (secondary N) is 3. The largest absolute Gasteiger partial charge is 0.376 e. The number of amides is 2. The molecule has 1 atom stereocenters. The summed E-state index contributed by atoms with van der Waals surface area (Å²) >= 11 is 6.13. The van der Waals surface area contributed by atoms with Crippen molar-refractivity contribution in [2.75, 3.05) is 30.3 Å². The van der Waals surface area contributed by atoms with Crippen LogP contribution in [0.15, 0.2) is 18.2 Å². The van der Waals surface area contributed by atoms with Crippen molar-refractivity contribution in [3.63, 3.8) is 0 Å². The lowest BCUT2D eigenvalue weighted by Gasteiger charge is -2.13. The quantitative estimate of drug-likeness (QED) is 0.671. The van der Waals surface area contributed by atoms with Crippen molar-refractivity contribution in [3.8, 4) is 0 Å². The van der Waals surface area contributed by atoms with Gasteiger partial charge < -0.3 is 20.7 Å². The summed E-state index contributed by atoms with van der Waals surface area (Å²) in [6.45, 7) is 3.36. The van der Waals surface area contributed by atoms with E-state index in [9.17, 15) is 9.59 Å². The molecule has 0 saturated carbocycles. The van der Waals surface area contributed by atoms with Crippen LogP contribution in [-0.4, -0.2) is 37.6 Å². The van der Waals surface area contributed by atoms with Crippen molar-refractivity contribution in [2.45, 2.75) is 38.7 Å². The fourth-order valence-electron chi connectivity index (χ4n) is 2.46. The van der Waals surface area contributed by atoms with E-state index in [1.54, 1.807) is 18.2 Å². The molecule has 132 valence electrons. The van der Waals surface area contributed by atoms with Crippen LogP contribution in [0.5, 0.6) is 0 Å². The van der Waals surface area contributed by atoms with Gasteiger partial charge in [0.25, 0.3) is 0 Å². The predicted octanol–water partition coefficient (Wildman–Crippen LogP) is 2.79. The molecular weight excluding hydrogens is 330 g/mol. The number of carbonyl (C=O) groups is 2. The van der Waals surface area contributed by atoms with Crippen molar-refractivity contribution < 1.29 is 14.3 Å². The first-order valence-electron chi connectivity index (χ1n) is 8.30. The molecule has 7 heteroatoms. The number of ether oxygens (including phenoxy) is 1. The van der Waals surface area contributed by atoms with Crippen molar-refractivity contribution in [2.24, 2.45) is 0 Å². The molecule has 2 amide bonds. The molecule has 0 spiro atoms. The molecule has 1 aliphatic heterocycles. The van der Waals surface area contributed by atoms with Crippen LogP contribution >= 0.6 is 11.6 Å². The Morgan fingerprint density at radius 2 is 2.17 bits per heavy atom. The Kier molecular flexibility index (Phi) is 7.34. The van der Waals surface area contributed by atoms with E-state index >= 15 is 0 Å². The lowest BCUT2D eigenvalue weighted by molar-refractivity contribution is -0.120. The van der Waals surface area contributed by atoms with Crippen LogP contribution in [0, 0.1) is 0 Å². The third-order valence-corrected chi connectivity index (χ3v) is 4.05. The Morgan fingerprint density at radius 1 is 1.33 bits per heavy atom. The van der Waals surface area contributed by atoms with Gasteiger partial charge in [-0.05, 0) is 37.5 Å². The molecule has 1 fully saturated rings. The minimum absolute atomic E-state index is 0.0416. The van der Waals surface area contributed by atoms with Gasteiger partial charge in [0.15, 0.2) is 0 Å². The van der Waals surface area contributed by atoms with Crippen LogP contribution in [0.25, 0.3) is 0 Å². The lowest BCUT2D eigenvalue weighted by Crippen LogP contribution is -2.35. The van der Waals surface area contributed by atoms with Crippen LogP contribution in [0.3, 0.4) is 0 Å². The molecule has 1 unspecified atom stereocenters. The summed E-state index contributed by atoms with van der Waals surface area (Å²) in [6.07, 6.45) is 3.41. The molecule has 1 aromatic carbocycles. The van der Waals surface area contributed by atoms with Gasteiger partial charge in [0.1, 0.15) is 0 Å². The molecule has 2 rings (SSSR count). The topological polar surface area (TPSA) is 79.5 Å². The maximum Gasteiger partial charge on any atom is 0.239 e. The number of anilines is 2. The molecule has 6 nitrogen and oxygen atoms in total. The Balaban J connectivity index is 1.82. The number of carbonyl (C=O) groups excluding carboxylic acids is 2. The first kappa shape index (κ1) is 18.5. The van der Waals surface area contributed by atoms with Gasteiger partial charge in [0.2, 0.25) is 11.8 Å². The number of rotatable bonds is 8. The van der Waals surface area contributed by atoms with E-state index in [0.29, 0.717) is 29.4 Å². The van der Waals surface area contributed by atoms with Gasteiger partial charge in [0, 0.05) is 25.3 Å². The van der Waals surface area contributed by atoms with Gasteiger partial charge in [0.05, 0.1) is 23.4 Å². The second-order valence-corrected chi connectivity index (χ2v) is 6.19. The molecule has 0 bridgehead atoms.